The summed E-state index contributed by atoms with van der Waals surface area (Å²) in [6.07, 6.45) is 1.65. The number of nitrogens with one attached hydrogen (secondary N) is 3. The van der Waals surface area contributed by atoms with E-state index in [0.717, 1.165) is 16.8 Å². The number of benzene rings is 1. The maximum Gasteiger partial charge on any atom is 0.269 e. The van der Waals surface area contributed by atoms with Crippen LogP contribution in [0.1, 0.15) is 28.5 Å². The highest BCUT2D eigenvalue weighted by molar-refractivity contribution is 5.93. The lowest BCUT2D eigenvalue weighted by Gasteiger charge is -2.07. The molecule has 3 aromatic rings. The van der Waals surface area contributed by atoms with Crippen molar-refractivity contribution in [1.29, 1.82) is 0 Å². The third-order valence-electron chi connectivity index (χ3n) is 4.29. The molecule has 9 heteroatoms. The average molecular weight is 407 g/mol. The van der Waals surface area contributed by atoms with Gasteiger partial charge in [-0.3, -0.25) is 14.3 Å². The summed E-state index contributed by atoms with van der Waals surface area (Å²) in [6, 6.07) is 9.56. The van der Waals surface area contributed by atoms with Crippen LogP contribution in [0.5, 0.6) is 0 Å². The summed E-state index contributed by atoms with van der Waals surface area (Å²) in [5.41, 5.74) is 4.76. The smallest absolute Gasteiger partial charge is 0.269 e. The molecule has 156 valence electrons. The van der Waals surface area contributed by atoms with E-state index in [1.54, 1.807) is 25.4 Å². The molecule has 0 saturated carbocycles. The normalized spacial score (nSPS) is 10.5. The predicted molar refractivity (Wildman–Crippen MR) is 114 cm³/mol. The van der Waals surface area contributed by atoms with Crippen molar-refractivity contribution in [2.24, 2.45) is 7.05 Å². The lowest BCUT2D eigenvalue weighted by atomic mass is 10.1. The van der Waals surface area contributed by atoms with Gasteiger partial charge in [0.05, 0.1) is 5.69 Å². The van der Waals surface area contributed by atoms with Gasteiger partial charge in [0.1, 0.15) is 11.4 Å². The number of amides is 2. The van der Waals surface area contributed by atoms with Crippen molar-refractivity contribution in [3.63, 3.8) is 0 Å². The third kappa shape index (κ3) is 5.40. The number of hydrogen-bond donors (Lipinski definition) is 3. The summed E-state index contributed by atoms with van der Waals surface area (Å²) >= 11 is 0. The molecule has 0 atom stereocenters. The number of carbonyl (C=O) groups is 2. The Morgan fingerprint density at radius 1 is 1.00 bits per heavy atom. The van der Waals surface area contributed by atoms with Gasteiger partial charge < -0.3 is 16.0 Å². The van der Waals surface area contributed by atoms with Crippen molar-refractivity contribution < 1.29 is 9.59 Å². The van der Waals surface area contributed by atoms with Crippen molar-refractivity contribution in [3.05, 3.63) is 53.3 Å². The van der Waals surface area contributed by atoms with Gasteiger partial charge in [0, 0.05) is 38.9 Å². The molecule has 0 fully saturated rings. The van der Waals surface area contributed by atoms with Gasteiger partial charge in [-0.1, -0.05) is 6.07 Å². The molecule has 0 unspecified atom stereocenters. The van der Waals surface area contributed by atoms with Crippen LogP contribution in [-0.2, 0) is 11.8 Å². The van der Waals surface area contributed by atoms with Crippen LogP contribution in [0, 0.1) is 13.8 Å². The second kappa shape index (κ2) is 9.17. The van der Waals surface area contributed by atoms with Gasteiger partial charge >= 0.3 is 0 Å². The van der Waals surface area contributed by atoms with Gasteiger partial charge in [-0.25, -0.2) is 9.97 Å². The molecule has 30 heavy (non-hydrogen) atoms. The van der Waals surface area contributed by atoms with E-state index in [0.29, 0.717) is 36.1 Å². The summed E-state index contributed by atoms with van der Waals surface area (Å²) in [4.78, 5) is 32.1. The van der Waals surface area contributed by atoms with E-state index in [1.165, 1.54) is 11.6 Å². The maximum absolute atomic E-state index is 12.4. The van der Waals surface area contributed by atoms with E-state index in [2.05, 4.69) is 37.1 Å². The zero-order valence-electron chi connectivity index (χ0n) is 17.5. The molecule has 1 aromatic carbocycles. The van der Waals surface area contributed by atoms with Crippen LogP contribution in [0.3, 0.4) is 0 Å². The molecule has 3 rings (SSSR count). The number of anilines is 2. The van der Waals surface area contributed by atoms with Gasteiger partial charge in [-0.15, -0.1) is 0 Å². The van der Waals surface area contributed by atoms with E-state index >= 15 is 0 Å². The minimum Gasteiger partial charge on any atom is -0.355 e. The quantitative estimate of drug-likeness (QED) is 0.517. The first-order chi connectivity index (χ1) is 14.3. The summed E-state index contributed by atoms with van der Waals surface area (Å²) in [5, 5.41) is 13.0. The Morgan fingerprint density at radius 2 is 1.70 bits per heavy atom. The molecule has 0 aliphatic carbocycles. The summed E-state index contributed by atoms with van der Waals surface area (Å²) < 4.78 is 1.50. The van der Waals surface area contributed by atoms with Crippen molar-refractivity contribution in [1.82, 2.24) is 30.4 Å². The summed E-state index contributed by atoms with van der Waals surface area (Å²) in [6.45, 7) is 6.19. The monoisotopic (exact) mass is 407 g/mol. The first-order valence-corrected chi connectivity index (χ1v) is 9.57. The maximum atomic E-state index is 12.4. The minimum atomic E-state index is -0.274. The molecule has 0 aliphatic heterocycles. The van der Waals surface area contributed by atoms with Crippen molar-refractivity contribution >= 4 is 23.5 Å². The van der Waals surface area contributed by atoms with Crippen molar-refractivity contribution in [3.8, 4) is 11.4 Å². The molecule has 0 spiro atoms. The third-order valence-corrected chi connectivity index (χ3v) is 4.29. The minimum absolute atomic E-state index is 0.138. The SMILES string of the molecule is CC(=O)NCCNC(=O)c1cc(-c2ccnc(Nc3cc(C)cc(C)c3)n2)nn1C. The molecular formula is C21H25N7O2. The van der Waals surface area contributed by atoms with Crippen LogP contribution in [-0.4, -0.2) is 44.7 Å². The summed E-state index contributed by atoms with van der Waals surface area (Å²) in [5.74, 6) is 0.0368. The second-order valence-electron chi connectivity index (χ2n) is 7.04. The van der Waals surface area contributed by atoms with E-state index < -0.39 is 0 Å². The molecule has 2 amide bonds. The number of nitrogens with zero attached hydrogens (tertiary/aromatic N) is 4. The lowest BCUT2D eigenvalue weighted by molar-refractivity contribution is -0.118. The Balaban J connectivity index is 1.73. The van der Waals surface area contributed by atoms with Crippen LogP contribution < -0.4 is 16.0 Å². The largest absolute Gasteiger partial charge is 0.355 e. The molecule has 0 aliphatic rings. The van der Waals surface area contributed by atoms with Crippen LogP contribution in [0.4, 0.5) is 11.6 Å². The average Bonchev–Trinajstić information content (AvgIpc) is 3.06. The zero-order chi connectivity index (χ0) is 21.7. The van der Waals surface area contributed by atoms with E-state index in [4.69, 9.17) is 0 Å². The number of hydrogen-bond acceptors (Lipinski definition) is 6. The molecule has 9 nitrogen and oxygen atoms in total. The molecule has 0 saturated heterocycles. The Bertz CT molecular complexity index is 1050. The van der Waals surface area contributed by atoms with Crippen molar-refractivity contribution in [2.45, 2.75) is 20.8 Å². The van der Waals surface area contributed by atoms with Gasteiger partial charge in [0.2, 0.25) is 11.9 Å². The van der Waals surface area contributed by atoms with Crippen LogP contribution >= 0.6 is 0 Å². The summed E-state index contributed by atoms with van der Waals surface area (Å²) in [7, 11) is 1.70. The predicted octanol–water partition coefficient (Wildman–Crippen LogP) is 2.10. The highest BCUT2D eigenvalue weighted by Gasteiger charge is 2.15. The van der Waals surface area contributed by atoms with Gasteiger partial charge in [-0.2, -0.15) is 5.10 Å². The van der Waals surface area contributed by atoms with Gasteiger partial charge in [-0.05, 0) is 49.2 Å². The van der Waals surface area contributed by atoms with Gasteiger partial charge in [0.15, 0.2) is 0 Å². The first-order valence-electron chi connectivity index (χ1n) is 9.57. The molecule has 0 bridgehead atoms. The second-order valence-corrected chi connectivity index (χ2v) is 7.04. The molecule has 0 radical (unpaired) electrons. The molecule has 3 N–H and O–H groups in total. The van der Waals surface area contributed by atoms with E-state index in [1.807, 2.05) is 26.0 Å². The Labute approximate surface area is 174 Å². The van der Waals surface area contributed by atoms with Crippen LogP contribution in [0.2, 0.25) is 0 Å². The number of rotatable bonds is 7. The Morgan fingerprint density at radius 3 is 2.40 bits per heavy atom. The standard InChI is InChI=1S/C21H25N7O2/c1-13-9-14(2)11-16(10-13)25-21-24-6-5-17(26-21)18-12-19(28(4)27-18)20(30)23-8-7-22-15(3)29/h5-6,9-12H,7-8H2,1-4H3,(H,22,29)(H,23,30)(H,24,25,26). The van der Waals surface area contributed by atoms with E-state index in [-0.39, 0.29) is 11.8 Å². The topological polar surface area (TPSA) is 114 Å². The highest BCUT2D eigenvalue weighted by Crippen LogP contribution is 2.21. The fourth-order valence-electron chi connectivity index (χ4n) is 3.05. The molecule has 2 heterocycles. The lowest BCUT2D eigenvalue weighted by Crippen LogP contribution is -2.34. The fourth-order valence-corrected chi connectivity index (χ4v) is 3.05. The molecule has 2 aromatic heterocycles. The molecular weight excluding hydrogens is 382 g/mol. The van der Waals surface area contributed by atoms with Crippen LogP contribution in [0.15, 0.2) is 36.5 Å². The Kier molecular flexibility index (Phi) is 6.41. The number of aryl methyl sites for hydroxylation is 3. The fraction of sp³-hybridized carbons (Fsp3) is 0.286. The Hall–Kier alpha value is -3.75. The van der Waals surface area contributed by atoms with Gasteiger partial charge in [0.25, 0.3) is 5.91 Å². The zero-order valence-corrected chi connectivity index (χ0v) is 17.5. The van der Waals surface area contributed by atoms with E-state index in [9.17, 15) is 9.59 Å². The highest BCUT2D eigenvalue weighted by atomic mass is 16.2. The number of carbonyl (C=O) groups excluding carboxylic acids is 2. The van der Waals surface area contributed by atoms with Crippen molar-refractivity contribution in [2.75, 3.05) is 18.4 Å². The number of aromatic nitrogens is 4. The first kappa shape index (κ1) is 21.0. The van der Waals surface area contributed by atoms with Crippen LogP contribution in [0.25, 0.3) is 11.4 Å².